The van der Waals surface area contributed by atoms with Gasteiger partial charge >= 0.3 is 0 Å². The van der Waals surface area contributed by atoms with E-state index in [1.54, 1.807) is 0 Å². The number of hydrogen-bond donors (Lipinski definition) is 2. The molecular weight excluding hydrogens is 284 g/mol. The van der Waals surface area contributed by atoms with E-state index in [4.69, 9.17) is 24.4 Å². The number of rotatable bonds is 1. The minimum Gasteiger partial charge on any atom is -0.349 e. The molecule has 2 unspecified atom stereocenters. The number of benzene rings is 2. The maximum absolute atomic E-state index is 5.57. The number of anilines is 2. The van der Waals surface area contributed by atoms with E-state index in [1.165, 1.54) is 11.1 Å². The van der Waals surface area contributed by atoms with Crippen molar-refractivity contribution >= 4 is 45.8 Å². The smallest absolute Gasteiger partial charge is 0.0884 e. The number of hydrogen-bond acceptors (Lipinski definition) is 2. The Hall–Kier alpha value is -1.78. The molecule has 2 heterocycles. The highest BCUT2D eigenvalue weighted by atomic mass is 32.1. The summed E-state index contributed by atoms with van der Waals surface area (Å²) < 4.78 is 0. The first-order chi connectivity index (χ1) is 9.75. The molecule has 2 aromatic rings. The van der Waals surface area contributed by atoms with E-state index in [9.17, 15) is 0 Å². The average molecular weight is 296 g/mol. The Balaban J connectivity index is 1.86. The molecule has 0 saturated carbocycles. The Morgan fingerprint density at radius 3 is 1.50 bits per heavy atom. The van der Waals surface area contributed by atoms with Gasteiger partial charge < -0.3 is 10.6 Å². The SMILES string of the molecule is S=C1Nc2ccccc2C1C1C(=S)Nc2ccccc21. The number of thiocarbonyl (C=S) groups is 2. The van der Waals surface area contributed by atoms with Gasteiger partial charge in [-0.2, -0.15) is 0 Å². The maximum Gasteiger partial charge on any atom is 0.0884 e. The second kappa shape index (κ2) is 4.36. The molecule has 2 aromatic carbocycles. The van der Waals surface area contributed by atoms with Gasteiger partial charge in [0.2, 0.25) is 0 Å². The highest BCUT2D eigenvalue weighted by Crippen LogP contribution is 2.47. The van der Waals surface area contributed by atoms with Crippen LogP contribution in [0.1, 0.15) is 23.0 Å². The summed E-state index contributed by atoms with van der Waals surface area (Å²) in [7, 11) is 0. The fraction of sp³-hybridized carbons (Fsp3) is 0.125. The molecule has 0 aromatic heterocycles. The normalized spacial score (nSPS) is 23.0. The molecule has 0 fully saturated rings. The van der Waals surface area contributed by atoms with Gasteiger partial charge in [0.05, 0.1) is 21.8 Å². The Morgan fingerprint density at radius 1 is 0.650 bits per heavy atom. The predicted octanol–water partition coefficient (Wildman–Crippen LogP) is 4.06. The molecular formula is C16H12N2S2. The summed E-state index contributed by atoms with van der Waals surface area (Å²) in [6.07, 6.45) is 0. The van der Waals surface area contributed by atoms with Gasteiger partial charge in [0, 0.05) is 11.4 Å². The molecule has 4 rings (SSSR count). The minimum absolute atomic E-state index is 0.129. The second-order valence-corrected chi connectivity index (χ2v) is 5.99. The maximum atomic E-state index is 5.57. The molecule has 0 radical (unpaired) electrons. The fourth-order valence-electron chi connectivity index (χ4n) is 3.13. The quantitative estimate of drug-likeness (QED) is 0.775. The third kappa shape index (κ3) is 1.62. The van der Waals surface area contributed by atoms with Crippen molar-refractivity contribution in [2.24, 2.45) is 0 Å². The van der Waals surface area contributed by atoms with E-state index in [0.29, 0.717) is 0 Å². The monoisotopic (exact) mass is 296 g/mol. The molecule has 0 aliphatic carbocycles. The van der Waals surface area contributed by atoms with Crippen LogP contribution in [0.4, 0.5) is 11.4 Å². The second-order valence-electron chi connectivity index (χ2n) is 5.11. The van der Waals surface area contributed by atoms with Crippen LogP contribution < -0.4 is 10.6 Å². The summed E-state index contributed by atoms with van der Waals surface area (Å²) in [4.78, 5) is 1.72. The molecule has 0 saturated heterocycles. The zero-order valence-electron chi connectivity index (χ0n) is 10.6. The van der Waals surface area contributed by atoms with Gasteiger partial charge in [-0.3, -0.25) is 0 Å². The summed E-state index contributed by atoms with van der Waals surface area (Å²) in [5.41, 5.74) is 4.69. The van der Waals surface area contributed by atoms with Crippen LogP contribution in [0.15, 0.2) is 48.5 Å². The van der Waals surface area contributed by atoms with Gasteiger partial charge in [0.1, 0.15) is 0 Å². The van der Waals surface area contributed by atoms with E-state index in [0.717, 1.165) is 21.4 Å². The Bertz CT molecular complexity index is 675. The lowest BCUT2D eigenvalue weighted by atomic mass is 9.84. The number of nitrogens with one attached hydrogen (secondary N) is 2. The highest BCUT2D eigenvalue weighted by Gasteiger charge is 2.40. The number of para-hydroxylation sites is 2. The Morgan fingerprint density at radius 2 is 1.05 bits per heavy atom. The highest BCUT2D eigenvalue weighted by molar-refractivity contribution is 7.81. The van der Waals surface area contributed by atoms with Crippen molar-refractivity contribution in [2.75, 3.05) is 10.6 Å². The first-order valence-corrected chi connectivity index (χ1v) is 7.37. The van der Waals surface area contributed by atoms with Crippen molar-refractivity contribution < 1.29 is 0 Å². The lowest BCUT2D eigenvalue weighted by Crippen LogP contribution is -2.22. The van der Waals surface area contributed by atoms with Gasteiger partial charge in [0.15, 0.2) is 0 Å². The molecule has 2 aliphatic heterocycles. The molecule has 98 valence electrons. The van der Waals surface area contributed by atoms with Crippen LogP contribution in [-0.2, 0) is 0 Å². The van der Waals surface area contributed by atoms with Crippen LogP contribution in [0, 0.1) is 0 Å². The Labute approximate surface area is 128 Å². The first-order valence-electron chi connectivity index (χ1n) is 6.55. The lowest BCUT2D eigenvalue weighted by molar-refractivity contribution is 0.856. The molecule has 2 atom stereocenters. The van der Waals surface area contributed by atoms with Crippen LogP contribution in [0.25, 0.3) is 0 Å². The van der Waals surface area contributed by atoms with Crippen molar-refractivity contribution in [2.45, 2.75) is 11.8 Å². The van der Waals surface area contributed by atoms with Crippen LogP contribution in [0.3, 0.4) is 0 Å². The topological polar surface area (TPSA) is 24.1 Å². The van der Waals surface area contributed by atoms with Crippen LogP contribution in [0.5, 0.6) is 0 Å². The van der Waals surface area contributed by atoms with E-state index < -0.39 is 0 Å². The van der Waals surface area contributed by atoms with Crippen LogP contribution >= 0.6 is 24.4 Å². The van der Waals surface area contributed by atoms with Crippen molar-refractivity contribution in [3.05, 3.63) is 59.7 Å². The predicted molar refractivity (Wildman–Crippen MR) is 90.8 cm³/mol. The van der Waals surface area contributed by atoms with Crippen LogP contribution in [0.2, 0.25) is 0 Å². The summed E-state index contributed by atoms with van der Waals surface area (Å²) in [6.45, 7) is 0. The molecule has 4 heteroatoms. The van der Waals surface area contributed by atoms with Gasteiger partial charge in [-0.25, -0.2) is 0 Å². The molecule has 0 spiro atoms. The molecule has 2 nitrogen and oxygen atoms in total. The van der Waals surface area contributed by atoms with Crippen molar-refractivity contribution in [3.63, 3.8) is 0 Å². The summed E-state index contributed by atoms with van der Waals surface area (Å²) in [6, 6.07) is 16.6. The molecule has 2 aliphatic rings. The minimum atomic E-state index is 0.129. The lowest BCUT2D eigenvalue weighted by Gasteiger charge is -2.19. The molecule has 20 heavy (non-hydrogen) atoms. The summed E-state index contributed by atoms with van der Waals surface area (Å²) in [5.74, 6) is 0.259. The standard InChI is InChI=1S/C16H12N2S2/c19-15-13(9-5-1-3-7-11(9)17-15)14-10-6-2-4-8-12(10)18-16(14)20/h1-8,13-14H,(H,17,19)(H,18,20). The largest absolute Gasteiger partial charge is 0.349 e. The zero-order chi connectivity index (χ0) is 13.7. The van der Waals surface area contributed by atoms with E-state index >= 15 is 0 Å². The fourth-order valence-corrected chi connectivity index (χ4v) is 3.88. The van der Waals surface area contributed by atoms with Crippen molar-refractivity contribution in [1.29, 1.82) is 0 Å². The van der Waals surface area contributed by atoms with Crippen molar-refractivity contribution in [3.8, 4) is 0 Å². The molecule has 0 bridgehead atoms. The van der Waals surface area contributed by atoms with E-state index in [-0.39, 0.29) is 11.8 Å². The zero-order valence-corrected chi connectivity index (χ0v) is 12.2. The Kier molecular flexibility index (Phi) is 2.62. The van der Waals surface area contributed by atoms with Gasteiger partial charge in [-0.15, -0.1) is 0 Å². The third-order valence-electron chi connectivity index (χ3n) is 4.01. The van der Waals surface area contributed by atoms with Crippen molar-refractivity contribution in [1.82, 2.24) is 0 Å². The average Bonchev–Trinajstić information content (AvgIpc) is 2.94. The van der Waals surface area contributed by atoms with E-state index in [2.05, 4.69) is 47.0 Å². The van der Waals surface area contributed by atoms with Gasteiger partial charge in [0.25, 0.3) is 0 Å². The third-order valence-corrected chi connectivity index (χ3v) is 4.72. The summed E-state index contributed by atoms with van der Waals surface area (Å²) >= 11 is 11.1. The van der Waals surface area contributed by atoms with Gasteiger partial charge in [-0.05, 0) is 23.3 Å². The first kappa shape index (κ1) is 12.0. The number of fused-ring (bicyclic) bond motifs is 2. The van der Waals surface area contributed by atoms with Gasteiger partial charge in [-0.1, -0.05) is 60.8 Å². The molecule has 2 N–H and O–H groups in total. The molecule has 0 amide bonds. The summed E-state index contributed by atoms with van der Waals surface area (Å²) in [5, 5.41) is 6.64. The van der Waals surface area contributed by atoms with E-state index in [1.807, 2.05) is 12.1 Å². The van der Waals surface area contributed by atoms with Crippen LogP contribution in [-0.4, -0.2) is 9.98 Å².